The number of hydrogen-bond acceptors (Lipinski definition) is 3. The van der Waals surface area contributed by atoms with Crippen molar-refractivity contribution in [2.75, 3.05) is 0 Å². The van der Waals surface area contributed by atoms with E-state index >= 15 is 0 Å². The van der Waals surface area contributed by atoms with E-state index in [2.05, 4.69) is 15.9 Å². The molecule has 0 spiro atoms. The smallest absolute Gasteiger partial charge is 0.128 e. The molecule has 1 unspecified atom stereocenters. The van der Waals surface area contributed by atoms with E-state index in [0.29, 0.717) is 0 Å². The second-order valence-corrected chi connectivity index (χ2v) is 4.61. The van der Waals surface area contributed by atoms with E-state index in [9.17, 15) is 0 Å². The quantitative estimate of drug-likeness (QED) is 0.806. The molecule has 58 valence electrons. The van der Waals surface area contributed by atoms with Crippen LogP contribution in [0.5, 0.6) is 0 Å². The number of halogens is 1. The number of hydrogen-bond donors (Lipinski definition) is 1. The van der Waals surface area contributed by atoms with Gasteiger partial charge in [0.2, 0.25) is 0 Å². The van der Waals surface area contributed by atoms with E-state index in [1.807, 2.05) is 19.1 Å². The van der Waals surface area contributed by atoms with Gasteiger partial charge in [0.25, 0.3) is 0 Å². The Morgan fingerprint density at radius 1 is 1.82 bits per heavy atom. The Hall–Kier alpha value is -0.370. The van der Waals surface area contributed by atoms with Crippen LogP contribution in [0.1, 0.15) is 16.5 Å². The molecule has 0 aliphatic carbocycles. The van der Waals surface area contributed by atoms with Crippen LogP contribution in [-0.2, 0) is 0 Å². The van der Waals surface area contributed by atoms with Gasteiger partial charge >= 0.3 is 0 Å². The Balaban J connectivity index is 2.99. The summed E-state index contributed by atoms with van der Waals surface area (Å²) in [6, 6.07) is 3.44. The lowest BCUT2D eigenvalue weighted by atomic mass is 10.2. The minimum absolute atomic E-state index is 0.481. The van der Waals surface area contributed by atoms with Crippen LogP contribution in [0.15, 0.2) is 9.85 Å². The molecule has 0 fully saturated rings. The standard InChI is InChI=1S/C7H7BrN2S/c1-4-2-6(5(10)3-9)11-7(4)8/h2,5H,10H2,1H3. The first-order valence-electron chi connectivity index (χ1n) is 3.06. The molecule has 2 N–H and O–H groups in total. The SMILES string of the molecule is Cc1cc(C(N)C#N)sc1Br. The van der Waals surface area contributed by atoms with Crippen LogP contribution in [-0.4, -0.2) is 0 Å². The van der Waals surface area contributed by atoms with Crippen LogP contribution in [0.3, 0.4) is 0 Å². The zero-order chi connectivity index (χ0) is 8.43. The lowest BCUT2D eigenvalue weighted by Gasteiger charge is -1.93. The Kier molecular flexibility index (Phi) is 2.66. The summed E-state index contributed by atoms with van der Waals surface area (Å²) >= 11 is 4.88. The summed E-state index contributed by atoms with van der Waals surface area (Å²) < 4.78 is 1.05. The lowest BCUT2D eigenvalue weighted by molar-refractivity contribution is 0.950. The number of nitrogens with two attached hydrogens (primary N) is 1. The van der Waals surface area contributed by atoms with Crippen molar-refractivity contribution >= 4 is 27.3 Å². The summed E-state index contributed by atoms with van der Waals surface area (Å²) in [6.07, 6.45) is 0. The first kappa shape index (κ1) is 8.72. The van der Waals surface area contributed by atoms with Crippen LogP contribution in [0, 0.1) is 18.3 Å². The van der Waals surface area contributed by atoms with Gasteiger partial charge in [-0.3, -0.25) is 0 Å². The average Bonchev–Trinajstić information content (AvgIpc) is 2.31. The fraction of sp³-hybridized carbons (Fsp3) is 0.286. The van der Waals surface area contributed by atoms with Crippen molar-refractivity contribution in [3.05, 3.63) is 20.3 Å². The second kappa shape index (κ2) is 3.35. The minimum Gasteiger partial charge on any atom is -0.312 e. The van der Waals surface area contributed by atoms with Crippen LogP contribution in [0.25, 0.3) is 0 Å². The van der Waals surface area contributed by atoms with Crippen molar-refractivity contribution in [1.82, 2.24) is 0 Å². The van der Waals surface area contributed by atoms with Gasteiger partial charge in [-0.2, -0.15) is 5.26 Å². The third-order valence-electron chi connectivity index (χ3n) is 1.32. The van der Waals surface area contributed by atoms with Crippen LogP contribution in [0.4, 0.5) is 0 Å². The highest BCUT2D eigenvalue weighted by Crippen LogP contribution is 2.30. The third-order valence-corrected chi connectivity index (χ3v) is 3.54. The van der Waals surface area contributed by atoms with Crippen molar-refractivity contribution in [3.63, 3.8) is 0 Å². The fourth-order valence-electron chi connectivity index (χ4n) is 0.700. The zero-order valence-electron chi connectivity index (χ0n) is 5.97. The van der Waals surface area contributed by atoms with Gasteiger partial charge in [-0.1, -0.05) is 0 Å². The van der Waals surface area contributed by atoms with E-state index in [-0.39, 0.29) is 0 Å². The summed E-state index contributed by atoms with van der Waals surface area (Å²) in [6.45, 7) is 1.98. The summed E-state index contributed by atoms with van der Waals surface area (Å²) in [5.74, 6) is 0. The molecule has 1 heterocycles. The van der Waals surface area contributed by atoms with Crippen molar-refractivity contribution in [2.24, 2.45) is 5.73 Å². The molecule has 1 aromatic rings. The first-order chi connectivity index (χ1) is 5.15. The summed E-state index contributed by atoms with van der Waals surface area (Å²) in [5.41, 5.74) is 6.64. The van der Waals surface area contributed by atoms with E-state index in [4.69, 9.17) is 11.0 Å². The van der Waals surface area contributed by atoms with Gasteiger partial charge in [-0.15, -0.1) is 11.3 Å². The fourth-order valence-corrected chi connectivity index (χ4v) is 2.22. The molecule has 0 saturated carbocycles. The molecule has 0 aromatic carbocycles. The van der Waals surface area contributed by atoms with Gasteiger partial charge < -0.3 is 5.73 Å². The summed E-state index contributed by atoms with van der Waals surface area (Å²) in [7, 11) is 0. The molecule has 4 heteroatoms. The molecule has 1 atom stereocenters. The van der Waals surface area contributed by atoms with Crippen molar-refractivity contribution in [2.45, 2.75) is 13.0 Å². The monoisotopic (exact) mass is 230 g/mol. The molecule has 2 nitrogen and oxygen atoms in total. The molecule has 1 aromatic heterocycles. The maximum atomic E-state index is 8.50. The van der Waals surface area contributed by atoms with Gasteiger partial charge in [0.05, 0.1) is 9.86 Å². The van der Waals surface area contributed by atoms with Gasteiger partial charge in [0, 0.05) is 4.88 Å². The van der Waals surface area contributed by atoms with Crippen LogP contribution >= 0.6 is 27.3 Å². The second-order valence-electron chi connectivity index (χ2n) is 2.21. The number of nitrogens with zero attached hydrogens (tertiary/aromatic N) is 1. The number of aryl methyl sites for hydroxylation is 1. The topological polar surface area (TPSA) is 49.8 Å². The molecule has 0 aliphatic heterocycles. The number of nitriles is 1. The maximum Gasteiger partial charge on any atom is 0.128 e. The van der Waals surface area contributed by atoms with Crippen LogP contribution in [0.2, 0.25) is 0 Å². The van der Waals surface area contributed by atoms with E-state index in [1.165, 1.54) is 11.3 Å². The highest BCUT2D eigenvalue weighted by atomic mass is 79.9. The molecular weight excluding hydrogens is 224 g/mol. The summed E-state index contributed by atoms with van der Waals surface area (Å²) in [4.78, 5) is 0.914. The van der Waals surface area contributed by atoms with Crippen LogP contribution < -0.4 is 5.73 Å². The van der Waals surface area contributed by atoms with Gasteiger partial charge in [0.15, 0.2) is 0 Å². The maximum absolute atomic E-state index is 8.50. The molecule has 0 saturated heterocycles. The average molecular weight is 231 g/mol. The van der Waals surface area contributed by atoms with Gasteiger partial charge in [-0.05, 0) is 34.5 Å². The lowest BCUT2D eigenvalue weighted by Crippen LogP contribution is -2.04. The largest absolute Gasteiger partial charge is 0.312 e. The normalized spacial score (nSPS) is 12.5. The van der Waals surface area contributed by atoms with E-state index in [0.717, 1.165) is 14.2 Å². The number of rotatable bonds is 1. The molecule has 0 bridgehead atoms. The predicted octanol–water partition coefficient (Wildman–Crippen LogP) is 2.34. The summed E-state index contributed by atoms with van der Waals surface area (Å²) in [5, 5.41) is 8.50. The zero-order valence-corrected chi connectivity index (χ0v) is 8.37. The highest BCUT2D eigenvalue weighted by Gasteiger charge is 2.08. The Labute approximate surface area is 77.8 Å². The van der Waals surface area contributed by atoms with E-state index in [1.54, 1.807) is 0 Å². The van der Waals surface area contributed by atoms with Crippen molar-refractivity contribution < 1.29 is 0 Å². The molecule has 0 radical (unpaired) electrons. The molecular formula is C7H7BrN2S. The predicted molar refractivity (Wildman–Crippen MR) is 49.3 cm³/mol. The first-order valence-corrected chi connectivity index (χ1v) is 4.67. The Morgan fingerprint density at radius 2 is 2.45 bits per heavy atom. The van der Waals surface area contributed by atoms with Gasteiger partial charge in [-0.25, -0.2) is 0 Å². The number of thiophene rings is 1. The van der Waals surface area contributed by atoms with Crippen molar-refractivity contribution in [1.29, 1.82) is 5.26 Å². The van der Waals surface area contributed by atoms with Crippen molar-refractivity contribution in [3.8, 4) is 6.07 Å². The molecule has 11 heavy (non-hydrogen) atoms. The third kappa shape index (κ3) is 1.80. The Morgan fingerprint density at radius 3 is 2.82 bits per heavy atom. The molecule has 0 aliphatic rings. The van der Waals surface area contributed by atoms with Gasteiger partial charge in [0.1, 0.15) is 6.04 Å². The minimum atomic E-state index is -0.481. The van der Waals surface area contributed by atoms with E-state index < -0.39 is 6.04 Å². The highest BCUT2D eigenvalue weighted by molar-refractivity contribution is 9.11. The molecule has 0 amide bonds. The molecule has 1 rings (SSSR count). The Bertz CT molecular complexity index is 280.